The van der Waals surface area contributed by atoms with E-state index in [9.17, 15) is 0 Å². The first-order valence-corrected chi connectivity index (χ1v) is 7.94. The van der Waals surface area contributed by atoms with Crippen molar-refractivity contribution in [3.63, 3.8) is 0 Å². The summed E-state index contributed by atoms with van der Waals surface area (Å²) < 4.78 is 36.9. The molecule has 92 valence electrons. The Morgan fingerprint density at radius 2 is 1.60 bits per heavy atom. The minimum absolute atomic E-state index is 0.204. The molecule has 0 bridgehead atoms. The van der Waals surface area contributed by atoms with E-state index in [1.165, 1.54) is 14.2 Å². The molecule has 2 aliphatic rings. The number of hydrogen-bond donors (Lipinski definition) is 0. The van der Waals surface area contributed by atoms with E-state index in [1.807, 2.05) is 0 Å². The van der Waals surface area contributed by atoms with Crippen LogP contribution < -0.4 is 0 Å². The van der Waals surface area contributed by atoms with Crippen LogP contribution in [0.4, 0.5) is 0 Å². The van der Waals surface area contributed by atoms with E-state index in [0.29, 0.717) is 0 Å². The van der Waals surface area contributed by atoms with Gasteiger partial charge >= 0.3 is 88.4 Å². The van der Waals surface area contributed by atoms with Crippen LogP contribution in [0.5, 0.6) is 0 Å². The van der Waals surface area contributed by atoms with Crippen molar-refractivity contribution in [3.8, 4) is 0 Å². The summed E-state index contributed by atoms with van der Waals surface area (Å²) in [5.41, 5.74) is 0. The molecule has 0 aromatic rings. The minimum atomic E-state index is -2.89. The monoisotopic (exact) mass is 262 g/mol. The zero-order valence-corrected chi connectivity index (χ0v) is 10.8. The zero-order valence-electron chi connectivity index (χ0n) is 8.85. The predicted molar refractivity (Wildman–Crippen MR) is 55.3 cm³/mol. The van der Waals surface area contributed by atoms with Crippen molar-refractivity contribution < 1.29 is 31.7 Å². The average Bonchev–Trinajstić information content (AvgIpc) is 2.10. The van der Waals surface area contributed by atoms with Crippen LogP contribution in [0.3, 0.4) is 0 Å². The van der Waals surface area contributed by atoms with E-state index in [1.54, 1.807) is 6.92 Å². The van der Waals surface area contributed by atoms with Gasteiger partial charge in [0.25, 0.3) is 0 Å². The topological polar surface area (TPSA) is 64.6 Å². The van der Waals surface area contributed by atoms with Gasteiger partial charge in [0.15, 0.2) is 0 Å². The summed E-state index contributed by atoms with van der Waals surface area (Å²) in [6.07, 6.45) is 0. The van der Waals surface area contributed by atoms with Gasteiger partial charge in [0.2, 0.25) is 0 Å². The van der Waals surface area contributed by atoms with Crippen LogP contribution >= 0.6 is 16.1 Å². The van der Waals surface area contributed by atoms with Crippen molar-refractivity contribution in [1.29, 1.82) is 0 Å². The van der Waals surface area contributed by atoms with E-state index in [0.717, 1.165) is 0 Å². The average molecular weight is 262 g/mol. The van der Waals surface area contributed by atoms with Crippen molar-refractivity contribution in [3.05, 3.63) is 0 Å². The normalized spacial score (nSPS) is 33.3. The molecule has 0 aromatic heterocycles. The van der Waals surface area contributed by atoms with Crippen molar-refractivity contribution in [2.45, 2.75) is 12.8 Å². The van der Waals surface area contributed by atoms with E-state index < -0.39 is 16.1 Å². The molecule has 1 unspecified atom stereocenters. The first-order chi connectivity index (χ1) is 7.16. The van der Waals surface area contributed by atoms with Gasteiger partial charge in [0, 0.05) is 0 Å². The Hall–Kier alpha value is 0.580. The standard InChI is InChI=1S/C6H16O7P2/c1-6(14(7-2)9-4-10-14)13-15(8-3)11-5-12-15/h6,14-15H,4-5H2,1-3H3. The Kier molecular flexibility index (Phi) is 3.57. The van der Waals surface area contributed by atoms with Crippen molar-refractivity contribution >= 4 is 16.1 Å². The van der Waals surface area contributed by atoms with Crippen LogP contribution in [0.1, 0.15) is 6.92 Å². The summed E-state index contributed by atoms with van der Waals surface area (Å²) in [6.45, 7) is 2.25. The van der Waals surface area contributed by atoms with Gasteiger partial charge < -0.3 is 0 Å². The van der Waals surface area contributed by atoms with Gasteiger partial charge in [-0.2, -0.15) is 0 Å². The summed E-state index contributed by atoms with van der Waals surface area (Å²) >= 11 is 0. The molecule has 2 saturated heterocycles. The Labute approximate surface area is 89.1 Å². The van der Waals surface area contributed by atoms with Crippen LogP contribution in [0.2, 0.25) is 0 Å². The third-order valence-corrected chi connectivity index (χ3v) is 7.39. The second-order valence-electron chi connectivity index (χ2n) is 3.08. The van der Waals surface area contributed by atoms with Gasteiger partial charge in [-0.25, -0.2) is 0 Å². The fourth-order valence-corrected chi connectivity index (χ4v) is 4.98. The first kappa shape index (κ1) is 12.0. The van der Waals surface area contributed by atoms with Gasteiger partial charge in [-0.3, -0.25) is 0 Å². The molecular formula is C6H16O7P2. The SMILES string of the molecule is CO[PH]1(OC(C)[PH]2(OC)OCO2)OCO1. The second kappa shape index (κ2) is 4.45. The Morgan fingerprint density at radius 1 is 1.00 bits per heavy atom. The van der Waals surface area contributed by atoms with Crippen molar-refractivity contribution in [2.75, 3.05) is 27.8 Å². The van der Waals surface area contributed by atoms with Crippen LogP contribution in [0.15, 0.2) is 0 Å². The molecule has 9 heteroatoms. The molecular weight excluding hydrogens is 246 g/mol. The zero-order chi connectivity index (χ0) is 10.9. The summed E-state index contributed by atoms with van der Waals surface area (Å²) in [7, 11) is -2.53. The summed E-state index contributed by atoms with van der Waals surface area (Å²) in [6, 6.07) is 0. The number of rotatable bonds is 5. The Bertz CT molecular complexity index is 219. The quantitative estimate of drug-likeness (QED) is 0.696. The molecule has 0 saturated carbocycles. The second-order valence-corrected chi connectivity index (χ2v) is 8.31. The van der Waals surface area contributed by atoms with E-state index >= 15 is 0 Å². The predicted octanol–water partition coefficient (Wildman–Crippen LogP) is 1.56. The molecule has 0 spiro atoms. The molecule has 0 amide bonds. The van der Waals surface area contributed by atoms with Gasteiger partial charge in [-0.1, -0.05) is 0 Å². The van der Waals surface area contributed by atoms with Crippen molar-refractivity contribution in [2.24, 2.45) is 0 Å². The molecule has 2 heterocycles. The first-order valence-electron chi connectivity index (χ1n) is 4.50. The molecule has 0 N–H and O–H groups in total. The van der Waals surface area contributed by atoms with Crippen molar-refractivity contribution in [1.82, 2.24) is 0 Å². The summed E-state index contributed by atoms with van der Waals surface area (Å²) in [5.74, 6) is -0.358. The molecule has 15 heavy (non-hydrogen) atoms. The maximum absolute atomic E-state index is 5.58. The van der Waals surface area contributed by atoms with E-state index in [4.69, 9.17) is 31.7 Å². The maximum atomic E-state index is 5.58. The molecule has 0 aromatic carbocycles. The fraction of sp³-hybridized carbons (Fsp3) is 1.00. The van der Waals surface area contributed by atoms with Crippen LogP contribution in [0.25, 0.3) is 0 Å². The third kappa shape index (κ3) is 2.05. The van der Waals surface area contributed by atoms with E-state index in [2.05, 4.69) is 0 Å². The van der Waals surface area contributed by atoms with E-state index in [-0.39, 0.29) is 19.4 Å². The molecule has 2 fully saturated rings. The Balaban J connectivity index is 1.93. The summed E-state index contributed by atoms with van der Waals surface area (Å²) in [5, 5.41) is 0. The molecule has 7 nitrogen and oxygen atoms in total. The van der Waals surface area contributed by atoms with Gasteiger partial charge in [-0.15, -0.1) is 0 Å². The van der Waals surface area contributed by atoms with Crippen LogP contribution in [-0.4, -0.2) is 33.7 Å². The molecule has 0 aliphatic carbocycles. The fourth-order valence-electron chi connectivity index (χ4n) is 1.37. The van der Waals surface area contributed by atoms with Crippen LogP contribution in [-0.2, 0) is 31.7 Å². The van der Waals surface area contributed by atoms with Gasteiger partial charge in [0.05, 0.1) is 0 Å². The number of hydrogen-bond acceptors (Lipinski definition) is 7. The van der Waals surface area contributed by atoms with Gasteiger partial charge in [-0.05, 0) is 0 Å². The Morgan fingerprint density at radius 3 is 1.87 bits per heavy atom. The third-order valence-electron chi connectivity index (χ3n) is 2.35. The van der Waals surface area contributed by atoms with Gasteiger partial charge in [0.1, 0.15) is 0 Å². The molecule has 1 atom stereocenters. The molecule has 2 rings (SSSR count). The molecule has 0 radical (unpaired) electrons. The molecule has 2 aliphatic heterocycles. The van der Waals surface area contributed by atoms with Crippen LogP contribution in [0, 0.1) is 0 Å². The summed E-state index contributed by atoms with van der Waals surface area (Å²) in [4.78, 5) is 0.